The summed E-state index contributed by atoms with van der Waals surface area (Å²) < 4.78 is 0.955. The fourth-order valence-corrected chi connectivity index (χ4v) is 3.13. The van der Waals surface area contributed by atoms with Gasteiger partial charge in [0.1, 0.15) is 0 Å². The lowest BCUT2D eigenvalue weighted by molar-refractivity contribution is -0.122. The standard InChI is InChI=1S/C20H23BrClN3O2/c1-12-5-7-16(22)10-18(12)24-20(27)14(3)25(4)11-19(26)23-17-8-6-15(21)9-13(17)2/h5-10,14H,11H2,1-4H3,(H,23,26)(H,24,27)/t14-/m1/s1. The number of nitrogens with one attached hydrogen (secondary N) is 2. The average molecular weight is 453 g/mol. The van der Waals surface area contributed by atoms with Crippen LogP contribution in [-0.2, 0) is 9.59 Å². The van der Waals surface area contributed by atoms with Crippen molar-refractivity contribution < 1.29 is 9.59 Å². The maximum absolute atomic E-state index is 12.5. The van der Waals surface area contributed by atoms with E-state index in [4.69, 9.17) is 11.6 Å². The third-order valence-corrected chi connectivity index (χ3v) is 5.08. The molecule has 2 aromatic rings. The van der Waals surface area contributed by atoms with Gasteiger partial charge in [-0.2, -0.15) is 0 Å². The zero-order chi connectivity index (χ0) is 20.1. The highest BCUT2D eigenvalue weighted by molar-refractivity contribution is 9.10. The van der Waals surface area contributed by atoms with Crippen molar-refractivity contribution in [3.8, 4) is 0 Å². The molecule has 0 aromatic heterocycles. The average Bonchev–Trinajstić information content (AvgIpc) is 2.59. The van der Waals surface area contributed by atoms with Crippen molar-refractivity contribution in [1.82, 2.24) is 4.90 Å². The number of carbonyl (C=O) groups excluding carboxylic acids is 2. The summed E-state index contributed by atoms with van der Waals surface area (Å²) in [5, 5.41) is 6.30. The lowest BCUT2D eigenvalue weighted by Crippen LogP contribution is -2.43. The van der Waals surface area contributed by atoms with Crippen LogP contribution < -0.4 is 10.6 Å². The van der Waals surface area contributed by atoms with E-state index in [0.29, 0.717) is 10.7 Å². The summed E-state index contributed by atoms with van der Waals surface area (Å²) in [7, 11) is 1.74. The molecule has 0 bridgehead atoms. The zero-order valence-electron chi connectivity index (χ0n) is 15.8. The summed E-state index contributed by atoms with van der Waals surface area (Å²) in [5.41, 5.74) is 3.31. The summed E-state index contributed by atoms with van der Waals surface area (Å²) in [5.74, 6) is -0.378. The van der Waals surface area contributed by atoms with E-state index in [2.05, 4.69) is 26.6 Å². The number of likely N-dealkylation sites (N-methyl/N-ethyl adjacent to an activating group) is 1. The van der Waals surface area contributed by atoms with Gasteiger partial charge in [-0.05, 0) is 69.3 Å². The zero-order valence-corrected chi connectivity index (χ0v) is 18.1. The molecule has 0 aliphatic carbocycles. The molecule has 27 heavy (non-hydrogen) atoms. The fraction of sp³-hybridized carbons (Fsp3) is 0.300. The van der Waals surface area contributed by atoms with Crippen molar-refractivity contribution in [3.63, 3.8) is 0 Å². The summed E-state index contributed by atoms with van der Waals surface area (Å²) in [6.07, 6.45) is 0. The number of hydrogen-bond acceptors (Lipinski definition) is 3. The summed E-state index contributed by atoms with van der Waals surface area (Å²) in [4.78, 5) is 26.5. The second kappa shape index (κ2) is 9.35. The molecule has 2 rings (SSSR count). The summed E-state index contributed by atoms with van der Waals surface area (Å²) >= 11 is 9.39. The van der Waals surface area contributed by atoms with Crippen LogP contribution in [0.4, 0.5) is 11.4 Å². The van der Waals surface area contributed by atoms with Gasteiger partial charge >= 0.3 is 0 Å². The molecule has 2 aromatic carbocycles. The van der Waals surface area contributed by atoms with Crippen molar-refractivity contribution in [2.45, 2.75) is 26.8 Å². The largest absolute Gasteiger partial charge is 0.325 e. The highest BCUT2D eigenvalue weighted by Crippen LogP contribution is 2.21. The van der Waals surface area contributed by atoms with Gasteiger partial charge in [-0.15, -0.1) is 0 Å². The first-order valence-electron chi connectivity index (χ1n) is 8.50. The van der Waals surface area contributed by atoms with Gasteiger partial charge in [0, 0.05) is 20.9 Å². The van der Waals surface area contributed by atoms with Gasteiger partial charge in [-0.25, -0.2) is 0 Å². The van der Waals surface area contributed by atoms with Crippen LogP contribution in [0.3, 0.4) is 0 Å². The SMILES string of the molecule is Cc1cc(Br)ccc1NC(=O)CN(C)[C@H](C)C(=O)Nc1cc(Cl)ccc1C. The number of benzene rings is 2. The van der Waals surface area contributed by atoms with E-state index >= 15 is 0 Å². The minimum Gasteiger partial charge on any atom is -0.325 e. The molecule has 2 amide bonds. The predicted octanol–water partition coefficient (Wildman–Crippen LogP) is 4.62. The maximum atomic E-state index is 12.5. The molecule has 144 valence electrons. The lowest BCUT2D eigenvalue weighted by Gasteiger charge is -2.24. The van der Waals surface area contributed by atoms with Crippen LogP contribution in [0.15, 0.2) is 40.9 Å². The van der Waals surface area contributed by atoms with E-state index in [1.807, 2.05) is 38.1 Å². The molecule has 2 N–H and O–H groups in total. The summed E-state index contributed by atoms with van der Waals surface area (Å²) in [6.45, 7) is 5.67. The lowest BCUT2D eigenvalue weighted by atomic mass is 10.2. The molecule has 5 nitrogen and oxygen atoms in total. The van der Waals surface area contributed by atoms with Crippen LogP contribution >= 0.6 is 27.5 Å². The van der Waals surface area contributed by atoms with Gasteiger partial charge in [0.05, 0.1) is 12.6 Å². The third-order valence-electron chi connectivity index (χ3n) is 4.35. The molecule has 0 fully saturated rings. The Labute approximate surface area is 173 Å². The van der Waals surface area contributed by atoms with Crippen molar-refractivity contribution in [1.29, 1.82) is 0 Å². The second-order valence-corrected chi connectivity index (χ2v) is 7.90. The molecule has 0 aliphatic rings. The molecule has 0 spiro atoms. The molecule has 0 saturated carbocycles. The number of amides is 2. The van der Waals surface area contributed by atoms with Crippen LogP contribution in [0.5, 0.6) is 0 Å². The molecule has 0 radical (unpaired) electrons. The fourth-order valence-electron chi connectivity index (χ4n) is 2.49. The van der Waals surface area contributed by atoms with Crippen LogP contribution in [0.1, 0.15) is 18.1 Å². The molecule has 0 heterocycles. The van der Waals surface area contributed by atoms with E-state index in [9.17, 15) is 9.59 Å². The smallest absolute Gasteiger partial charge is 0.241 e. The van der Waals surface area contributed by atoms with E-state index in [1.54, 1.807) is 31.0 Å². The van der Waals surface area contributed by atoms with Gasteiger partial charge in [0.15, 0.2) is 0 Å². The van der Waals surface area contributed by atoms with Crippen molar-refractivity contribution in [2.24, 2.45) is 0 Å². The Kier molecular flexibility index (Phi) is 7.41. The molecular formula is C20H23BrClN3O2. The number of anilines is 2. The van der Waals surface area contributed by atoms with E-state index in [1.165, 1.54) is 0 Å². The maximum Gasteiger partial charge on any atom is 0.241 e. The first kappa shape index (κ1) is 21.4. The van der Waals surface area contributed by atoms with Gasteiger partial charge in [-0.1, -0.05) is 33.6 Å². The highest BCUT2D eigenvalue weighted by atomic mass is 79.9. The Morgan fingerprint density at radius 2 is 1.78 bits per heavy atom. The van der Waals surface area contributed by atoms with E-state index in [-0.39, 0.29) is 18.4 Å². The van der Waals surface area contributed by atoms with Crippen LogP contribution in [0.25, 0.3) is 0 Å². The molecule has 7 heteroatoms. The van der Waals surface area contributed by atoms with Gasteiger partial charge in [0.25, 0.3) is 0 Å². The van der Waals surface area contributed by atoms with Crippen molar-refractivity contribution in [2.75, 3.05) is 24.2 Å². The Morgan fingerprint density at radius 3 is 2.44 bits per heavy atom. The van der Waals surface area contributed by atoms with E-state index < -0.39 is 6.04 Å². The van der Waals surface area contributed by atoms with Crippen LogP contribution in [0.2, 0.25) is 5.02 Å². The summed E-state index contributed by atoms with van der Waals surface area (Å²) in [6, 6.07) is 10.5. The topological polar surface area (TPSA) is 61.4 Å². The van der Waals surface area contributed by atoms with Gasteiger partial charge in [-0.3, -0.25) is 14.5 Å². The number of halogens is 2. The highest BCUT2D eigenvalue weighted by Gasteiger charge is 2.21. The number of carbonyl (C=O) groups is 2. The first-order valence-corrected chi connectivity index (χ1v) is 9.67. The molecule has 0 unspecified atom stereocenters. The first-order chi connectivity index (χ1) is 12.7. The molecule has 0 saturated heterocycles. The second-order valence-electron chi connectivity index (χ2n) is 6.55. The van der Waals surface area contributed by atoms with E-state index in [0.717, 1.165) is 21.3 Å². The monoisotopic (exact) mass is 451 g/mol. The Hall–Kier alpha value is -1.89. The van der Waals surface area contributed by atoms with Gasteiger partial charge in [0.2, 0.25) is 11.8 Å². The van der Waals surface area contributed by atoms with Crippen molar-refractivity contribution >= 4 is 50.7 Å². The number of hydrogen-bond donors (Lipinski definition) is 2. The predicted molar refractivity (Wildman–Crippen MR) is 114 cm³/mol. The Morgan fingerprint density at radius 1 is 1.07 bits per heavy atom. The van der Waals surface area contributed by atoms with Crippen LogP contribution in [-0.4, -0.2) is 36.3 Å². The Bertz CT molecular complexity index is 857. The quantitative estimate of drug-likeness (QED) is 0.672. The number of rotatable bonds is 6. The third kappa shape index (κ3) is 6.06. The minimum absolute atomic E-state index is 0.0959. The van der Waals surface area contributed by atoms with Crippen molar-refractivity contribution in [3.05, 3.63) is 57.0 Å². The molecule has 1 atom stereocenters. The molecule has 0 aliphatic heterocycles. The minimum atomic E-state index is -0.486. The number of aryl methyl sites for hydroxylation is 2. The normalized spacial score (nSPS) is 12.0. The molecular weight excluding hydrogens is 430 g/mol. The van der Waals surface area contributed by atoms with Gasteiger partial charge < -0.3 is 10.6 Å². The Balaban J connectivity index is 1.95. The van der Waals surface area contributed by atoms with Crippen LogP contribution in [0, 0.1) is 13.8 Å². The number of nitrogens with zero attached hydrogens (tertiary/aromatic N) is 1.